The number of piperazine rings is 1. The molecule has 1 aliphatic heterocycles. The lowest BCUT2D eigenvalue weighted by atomic mass is 10.2. The molecule has 1 amide bonds. The van der Waals surface area contributed by atoms with E-state index in [0.29, 0.717) is 31.1 Å². The summed E-state index contributed by atoms with van der Waals surface area (Å²) in [6.45, 7) is 5.60. The Bertz CT molecular complexity index is 902. The number of anilines is 2. The van der Waals surface area contributed by atoms with E-state index in [9.17, 15) is 13.2 Å². The van der Waals surface area contributed by atoms with E-state index in [1.54, 1.807) is 16.4 Å². The molecule has 3 rings (SSSR count). The van der Waals surface area contributed by atoms with E-state index in [4.69, 9.17) is 0 Å². The third-order valence-electron chi connectivity index (χ3n) is 4.74. The van der Waals surface area contributed by atoms with Crippen molar-refractivity contribution in [3.05, 3.63) is 54.1 Å². The lowest BCUT2D eigenvalue weighted by molar-refractivity contribution is -0.114. The first-order valence-electron chi connectivity index (χ1n) is 9.12. The number of amides is 1. The van der Waals surface area contributed by atoms with E-state index < -0.39 is 10.0 Å². The highest BCUT2D eigenvalue weighted by Crippen LogP contribution is 2.23. The first kappa shape index (κ1) is 19.4. The summed E-state index contributed by atoms with van der Waals surface area (Å²) in [6, 6.07) is 14.7. The van der Waals surface area contributed by atoms with Crippen molar-refractivity contribution in [1.29, 1.82) is 0 Å². The topological polar surface area (TPSA) is 69.7 Å². The molecule has 2 aromatic rings. The number of nitrogens with zero attached hydrogens (tertiary/aromatic N) is 2. The van der Waals surface area contributed by atoms with Gasteiger partial charge >= 0.3 is 0 Å². The van der Waals surface area contributed by atoms with Crippen LogP contribution in [-0.4, -0.2) is 44.8 Å². The number of hydrogen-bond acceptors (Lipinski definition) is 4. The van der Waals surface area contributed by atoms with Crippen molar-refractivity contribution in [2.24, 2.45) is 0 Å². The maximum absolute atomic E-state index is 12.9. The van der Waals surface area contributed by atoms with Crippen molar-refractivity contribution >= 4 is 27.3 Å². The molecule has 1 N–H and O–H groups in total. The Balaban J connectivity index is 1.68. The second-order valence-electron chi connectivity index (χ2n) is 6.62. The Morgan fingerprint density at radius 2 is 1.70 bits per heavy atom. The van der Waals surface area contributed by atoms with Gasteiger partial charge in [-0.2, -0.15) is 4.31 Å². The number of sulfonamides is 1. The number of hydrogen-bond donors (Lipinski definition) is 1. The zero-order valence-electron chi connectivity index (χ0n) is 15.7. The SMILES string of the molecule is CCc1ccc(S(=O)(=O)N2CCN(c3cccc(NC(C)=O)c3)CC2)cc1. The summed E-state index contributed by atoms with van der Waals surface area (Å²) in [5.41, 5.74) is 2.84. The summed E-state index contributed by atoms with van der Waals surface area (Å²) in [4.78, 5) is 13.7. The van der Waals surface area contributed by atoms with Gasteiger partial charge in [-0.25, -0.2) is 8.42 Å². The van der Waals surface area contributed by atoms with Crippen LogP contribution in [0.1, 0.15) is 19.4 Å². The van der Waals surface area contributed by atoms with Crippen LogP contribution in [0.2, 0.25) is 0 Å². The molecule has 0 saturated carbocycles. The summed E-state index contributed by atoms with van der Waals surface area (Å²) < 4.78 is 27.3. The van der Waals surface area contributed by atoms with Gasteiger partial charge in [-0.3, -0.25) is 4.79 Å². The molecule has 0 spiro atoms. The molecular formula is C20H25N3O3S. The lowest BCUT2D eigenvalue weighted by Gasteiger charge is -2.35. The number of nitrogens with one attached hydrogen (secondary N) is 1. The van der Waals surface area contributed by atoms with Gasteiger partial charge in [0.15, 0.2) is 0 Å². The zero-order valence-corrected chi connectivity index (χ0v) is 16.5. The lowest BCUT2D eigenvalue weighted by Crippen LogP contribution is -2.48. The van der Waals surface area contributed by atoms with Crippen LogP contribution in [0.3, 0.4) is 0 Å². The Morgan fingerprint density at radius 1 is 1.04 bits per heavy atom. The van der Waals surface area contributed by atoms with Crippen molar-refractivity contribution in [2.75, 3.05) is 36.4 Å². The normalized spacial score (nSPS) is 15.6. The van der Waals surface area contributed by atoms with Gasteiger partial charge in [-0.15, -0.1) is 0 Å². The highest BCUT2D eigenvalue weighted by Gasteiger charge is 2.28. The monoisotopic (exact) mass is 387 g/mol. The van der Waals surface area contributed by atoms with Crippen molar-refractivity contribution in [2.45, 2.75) is 25.2 Å². The predicted octanol–water partition coefficient (Wildman–Crippen LogP) is 2.72. The molecular weight excluding hydrogens is 362 g/mol. The van der Waals surface area contributed by atoms with Crippen LogP contribution < -0.4 is 10.2 Å². The Kier molecular flexibility index (Phi) is 5.82. The van der Waals surface area contributed by atoms with E-state index in [-0.39, 0.29) is 5.91 Å². The quantitative estimate of drug-likeness (QED) is 0.856. The largest absolute Gasteiger partial charge is 0.369 e. The van der Waals surface area contributed by atoms with Gasteiger partial charge in [0.2, 0.25) is 15.9 Å². The molecule has 0 aliphatic carbocycles. The first-order chi connectivity index (χ1) is 12.9. The van der Waals surface area contributed by atoms with Crippen LogP contribution in [0.25, 0.3) is 0 Å². The van der Waals surface area contributed by atoms with Gasteiger partial charge in [-0.05, 0) is 42.3 Å². The minimum Gasteiger partial charge on any atom is -0.369 e. The van der Waals surface area contributed by atoms with E-state index in [1.165, 1.54) is 6.92 Å². The fraction of sp³-hybridized carbons (Fsp3) is 0.350. The molecule has 144 valence electrons. The minimum absolute atomic E-state index is 0.114. The molecule has 0 unspecified atom stereocenters. The number of carbonyl (C=O) groups is 1. The van der Waals surface area contributed by atoms with E-state index in [1.807, 2.05) is 43.3 Å². The minimum atomic E-state index is -3.47. The van der Waals surface area contributed by atoms with Gasteiger partial charge in [0.05, 0.1) is 4.90 Å². The highest BCUT2D eigenvalue weighted by molar-refractivity contribution is 7.89. The third kappa shape index (κ3) is 4.48. The summed E-state index contributed by atoms with van der Waals surface area (Å²) in [5.74, 6) is -0.114. The summed E-state index contributed by atoms with van der Waals surface area (Å²) in [7, 11) is -3.47. The van der Waals surface area contributed by atoms with Gasteiger partial charge in [0.1, 0.15) is 0 Å². The Labute approximate surface area is 160 Å². The van der Waals surface area contributed by atoms with Crippen LogP contribution >= 0.6 is 0 Å². The van der Waals surface area contributed by atoms with Crippen LogP contribution in [-0.2, 0) is 21.2 Å². The Hall–Kier alpha value is -2.38. The fourth-order valence-corrected chi connectivity index (χ4v) is 4.64. The van der Waals surface area contributed by atoms with Crippen LogP contribution in [0.4, 0.5) is 11.4 Å². The molecule has 1 saturated heterocycles. The molecule has 0 atom stereocenters. The third-order valence-corrected chi connectivity index (χ3v) is 6.65. The predicted molar refractivity (Wildman–Crippen MR) is 108 cm³/mol. The standard InChI is InChI=1S/C20H25N3O3S/c1-3-17-7-9-20(10-8-17)27(25,26)23-13-11-22(12-14-23)19-6-4-5-18(15-19)21-16(2)24/h4-10,15H,3,11-14H2,1-2H3,(H,21,24). The zero-order chi connectivity index (χ0) is 19.4. The molecule has 0 aromatic heterocycles. The first-order valence-corrected chi connectivity index (χ1v) is 10.6. The van der Waals surface area contributed by atoms with Crippen molar-refractivity contribution < 1.29 is 13.2 Å². The summed E-state index contributed by atoms with van der Waals surface area (Å²) in [6.07, 6.45) is 0.885. The molecule has 0 bridgehead atoms. The average Bonchev–Trinajstić information content (AvgIpc) is 2.68. The molecule has 27 heavy (non-hydrogen) atoms. The second kappa shape index (κ2) is 8.10. The van der Waals surface area contributed by atoms with Crippen molar-refractivity contribution in [3.8, 4) is 0 Å². The molecule has 7 heteroatoms. The smallest absolute Gasteiger partial charge is 0.243 e. The van der Waals surface area contributed by atoms with Crippen LogP contribution in [0.15, 0.2) is 53.4 Å². The van der Waals surface area contributed by atoms with Crippen molar-refractivity contribution in [1.82, 2.24) is 4.31 Å². The van der Waals surface area contributed by atoms with E-state index in [0.717, 1.165) is 23.4 Å². The van der Waals surface area contributed by atoms with Crippen LogP contribution in [0.5, 0.6) is 0 Å². The van der Waals surface area contributed by atoms with E-state index in [2.05, 4.69) is 10.2 Å². The van der Waals surface area contributed by atoms with E-state index >= 15 is 0 Å². The van der Waals surface area contributed by atoms with Gasteiger partial charge in [0, 0.05) is 44.5 Å². The molecule has 2 aromatic carbocycles. The van der Waals surface area contributed by atoms with Crippen molar-refractivity contribution in [3.63, 3.8) is 0 Å². The molecule has 1 heterocycles. The molecule has 6 nitrogen and oxygen atoms in total. The van der Waals surface area contributed by atoms with Gasteiger partial charge < -0.3 is 10.2 Å². The summed E-state index contributed by atoms with van der Waals surface area (Å²) in [5, 5.41) is 2.78. The second-order valence-corrected chi connectivity index (χ2v) is 8.56. The van der Waals surface area contributed by atoms with Crippen LogP contribution in [0, 0.1) is 0 Å². The maximum Gasteiger partial charge on any atom is 0.243 e. The Morgan fingerprint density at radius 3 is 2.30 bits per heavy atom. The number of carbonyl (C=O) groups excluding carboxylic acids is 1. The van der Waals surface area contributed by atoms with Gasteiger partial charge in [0.25, 0.3) is 0 Å². The summed E-state index contributed by atoms with van der Waals surface area (Å²) >= 11 is 0. The highest BCUT2D eigenvalue weighted by atomic mass is 32.2. The number of benzene rings is 2. The fourth-order valence-electron chi connectivity index (χ4n) is 3.22. The molecule has 0 radical (unpaired) electrons. The van der Waals surface area contributed by atoms with Gasteiger partial charge in [-0.1, -0.05) is 25.1 Å². The molecule has 1 fully saturated rings. The number of rotatable bonds is 5. The average molecular weight is 388 g/mol. The maximum atomic E-state index is 12.9. The number of aryl methyl sites for hydroxylation is 1. The molecule has 1 aliphatic rings.